The van der Waals surface area contributed by atoms with Crippen molar-refractivity contribution >= 4 is 17.3 Å². The second kappa shape index (κ2) is 5.68. The molecule has 0 radical (unpaired) electrons. The molecule has 2 rings (SSSR count). The first-order valence-corrected chi connectivity index (χ1v) is 5.93. The predicted molar refractivity (Wildman–Crippen MR) is 73.6 cm³/mol. The summed E-state index contributed by atoms with van der Waals surface area (Å²) in [6, 6.07) is 8.99. The number of nitrogen functional groups attached to an aromatic ring is 1. The number of hydrogen-bond acceptors (Lipinski definition) is 4. The summed E-state index contributed by atoms with van der Waals surface area (Å²) in [4.78, 5) is 0. The highest BCUT2D eigenvalue weighted by molar-refractivity contribution is 6.31. The average Bonchev–Trinajstić information content (AvgIpc) is 2.44. The van der Waals surface area contributed by atoms with Crippen LogP contribution in [0.5, 0.6) is 17.2 Å². The zero-order valence-electron chi connectivity index (χ0n) is 10.5. The second-order valence-electron chi connectivity index (χ2n) is 3.92. The number of nitrogens with zero attached hydrogens (tertiary/aromatic N) is 1. The molecule has 0 spiro atoms. The Kier molecular flexibility index (Phi) is 3.97. The molecule has 0 saturated heterocycles. The number of anilines is 1. The van der Waals surface area contributed by atoms with Gasteiger partial charge >= 0.3 is 0 Å². The summed E-state index contributed by atoms with van der Waals surface area (Å²) >= 11 is 5.68. The highest BCUT2D eigenvalue weighted by atomic mass is 35.5. The van der Waals surface area contributed by atoms with Gasteiger partial charge < -0.3 is 15.2 Å². The van der Waals surface area contributed by atoms with Gasteiger partial charge in [-0.3, -0.25) is 0 Å². The largest absolute Gasteiger partial charge is 0.497 e. The van der Waals surface area contributed by atoms with E-state index >= 15 is 0 Å². The molecule has 0 aliphatic heterocycles. The zero-order chi connectivity index (χ0) is 14.7. The summed E-state index contributed by atoms with van der Waals surface area (Å²) in [5.41, 5.74) is 6.13. The van der Waals surface area contributed by atoms with Crippen LogP contribution < -0.4 is 15.2 Å². The van der Waals surface area contributed by atoms with Gasteiger partial charge in [-0.1, -0.05) is 11.6 Å². The maximum atomic E-state index is 13.2. The highest BCUT2D eigenvalue weighted by Crippen LogP contribution is 2.33. The molecule has 0 heterocycles. The topological polar surface area (TPSA) is 68.3 Å². The molecule has 0 unspecified atom stereocenters. The van der Waals surface area contributed by atoms with Crippen molar-refractivity contribution in [3.05, 3.63) is 46.7 Å². The van der Waals surface area contributed by atoms with Crippen molar-refractivity contribution in [1.82, 2.24) is 0 Å². The van der Waals surface area contributed by atoms with Crippen LogP contribution in [0.4, 0.5) is 10.1 Å². The third kappa shape index (κ3) is 2.92. The normalized spacial score (nSPS) is 9.90. The Hall–Kier alpha value is -2.45. The summed E-state index contributed by atoms with van der Waals surface area (Å²) in [5, 5.41) is 8.83. The first-order chi connectivity index (χ1) is 9.53. The minimum atomic E-state index is -0.625. The van der Waals surface area contributed by atoms with Gasteiger partial charge in [0.2, 0.25) is 0 Å². The molecule has 2 N–H and O–H groups in total. The molecule has 2 aromatic carbocycles. The molecule has 0 aliphatic rings. The molecule has 4 nitrogen and oxygen atoms in total. The molecule has 0 aliphatic carbocycles. The number of nitrogens with two attached hydrogens (primary N) is 1. The fourth-order valence-electron chi connectivity index (χ4n) is 1.57. The van der Waals surface area contributed by atoms with Gasteiger partial charge in [-0.15, -0.1) is 0 Å². The number of nitriles is 1. The third-order valence-corrected chi connectivity index (χ3v) is 2.82. The Morgan fingerprint density at radius 1 is 1.20 bits per heavy atom. The lowest BCUT2D eigenvalue weighted by Gasteiger charge is -2.11. The summed E-state index contributed by atoms with van der Waals surface area (Å²) < 4.78 is 23.8. The predicted octanol–water partition coefficient (Wildman–Crippen LogP) is 3.73. The van der Waals surface area contributed by atoms with Crippen LogP contribution in [0.15, 0.2) is 30.3 Å². The molecule has 0 amide bonds. The van der Waals surface area contributed by atoms with E-state index in [9.17, 15) is 4.39 Å². The van der Waals surface area contributed by atoms with Crippen molar-refractivity contribution in [3.8, 4) is 23.3 Å². The van der Waals surface area contributed by atoms with E-state index in [0.29, 0.717) is 17.1 Å². The smallest absolute Gasteiger partial charge is 0.152 e. The van der Waals surface area contributed by atoms with Gasteiger partial charge in [0.15, 0.2) is 5.75 Å². The molecule has 6 heteroatoms. The minimum absolute atomic E-state index is 0.0994. The Labute approximate surface area is 120 Å². The zero-order valence-corrected chi connectivity index (χ0v) is 11.2. The lowest BCUT2D eigenvalue weighted by molar-refractivity contribution is 0.409. The first-order valence-electron chi connectivity index (χ1n) is 5.55. The van der Waals surface area contributed by atoms with Gasteiger partial charge in [0, 0.05) is 18.2 Å². The van der Waals surface area contributed by atoms with Crippen LogP contribution >= 0.6 is 11.6 Å². The fourth-order valence-corrected chi connectivity index (χ4v) is 1.73. The summed E-state index contributed by atoms with van der Waals surface area (Å²) in [6.07, 6.45) is 0. The van der Waals surface area contributed by atoms with Crippen molar-refractivity contribution in [1.29, 1.82) is 5.26 Å². The van der Waals surface area contributed by atoms with Crippen LogP contribution in [0.25, 0.3) is 0 Å². The molecule has 102 valence electrons. The number of benzene rings is 2. The monoisotopic (exact) mass is 292 g/mol. The van der Waals surface area contributed by atoms with E-state index in [1.165, 1.54) is 19.2 Å². The van der Waals surface area contributed by atoms with Crippen molar-refractivity contribution in [3.63, 3.8) is 0 Å². The summed E-state index contributed by atoms with van der Waals surface area (Å²) in [6.45, 7) is 0. The van der Waals surface area contributed by atoms with Gasteiger partial charge in [-0.05, 0) is 12.1 Å². The number of halogens is 2. The number of rotatable bonds is 3. The molecular weight excluding hydrogens is 283 g/mol. The fraction of sp³-hybridized carbons (Fsp3) is 0.0714. The summed E-state index contributed by atoms with van der Waals surface area (Å²) in [5.74, 6) is 0.384. The highest BCUT2D eigenvalue weighted by Gasteiger charge is 2.10. The van der Waals surface area contributed by atoms with Gasteiger partial charge in [0.05, 0.1) is 29.5 Å². The van der Waals surface area contributed by atoms with E-state index in [2.05, 4.69) is 0 Å². The minimum Gasteiger partial charge on any atom is -0.497 e. The number of ether oxygens (including phenoxy) is 2. The van der Waals surface area contributed by atoms with Crippen molar-refractivity contribution < 1.29 is 13.9 Å². The molecule has 0 aromatic heterocycles. The average molecular weight is 293 g/mol. The standard InChI is InChI=1S/C14H10ClFN2O2/c1-19-9-2-8(7-17)3-10(4-9)20-14-5-11(15)12(16)6-13(14)18/h2-6H,18H2,1H3. The molecule has 20 heavy (non-hydrogen) atoms. The lowest BCUT2D eigenvalue weighted by atomic mass is 10.2. The van der Waals surface area contributed by atoms with E-state index in [1.807, 2.05) is 6.07 Å². The van der Waals surface area contributed by atoms with Crippen LogP contribution in [0.1, 0.15) is 5.56 Å². The number of methoxy groups -OCH3 is 1. The maximum absolute atomic E-state index is 13.2. The Morgan fingerprint density at radius 3 is 2.55 bits per heavy atom. The molecular formula is C14H10ClFN2O2. The van der Waals surface area contributed by atoms with Crippen LogP contribution in [-0.4, -0.2) is 7.11 Å². The Balaban J connectivity index is 2.40. The molecule has 0 bridgehead atoms. The Morgan fingerprint density at radius 2 is 1.90 bits per heavy atom. The van der Waals surface area contributed by atoms with Gasteiger partial charge in [0.25, 0.3) is 0 Å². The van der Waals surface area contributed by atoms with E-state index in [0.717, 1.165) is 6.07 Å². The number of hydrogen-bond donors (Lipinski definition) is 1. The van der Waals surface area contributed by atoms with Gasteiger partial charge in [0.1, 0.15) is 17.3 Å². The molecule has 0 atom stereocenters. The summed E-state index contributed by atoms with van der Waals surface area (Å²) in [7, 11) is 1.48. The third-order valence-electron chi connectivity index (χ3n) is 2.53. The Bertz CT molecular complexity index is 698. The van der Waals surface area contributed by atoms with Crippen molar-refractivity contribution in [2.75, 3.05) is 12.8 Å². The van der Waals surface area contributed by atoms with Crippen LogP contribution in [-0.2, 0) is 0 Å². The van der Waals surface area contributed by atoms with Crippen LogP contribution in [0.3, 0.4) is 0 Å². The van der Waals surface area contributed by atoms with Crippen LogP contribution in [0, 0.1) is 17.1 Å². The van der Waals surface area contributed by atoms with Crippen molar-refractivity contribution in [2.24, 2.45) is 0 Å². The lowest BCUT2D eigenvalue weighted by Crippen LogP contribution is -1.95. The molecule has 2 aromatic rings. The van der Waals surface area contributed by atoms with E-state index in [4.69, 9.17) is 32.1 Å². The molecule has 0 saturated carbocycles. The van der Waals surface area contributed by atoms with E-state index in [1.54, 1.807) is 12.1 Å². The van der Waals surface area contributed by atoms with E-state index in [-0.39, 0.29) is 16.5 Å². The van der Waals surface area contributed by atoms with Gasteiger partial charge in [-0.25, -0.2) is 4.39 Å². The second-order valence-corrected chi connectivity index (χ2v) is 4.32. The van der Waals surface area contributed by atoms with E-state index < -0.39 is 5.82 Å². The molecule has 0 fully saturated rings. The SMILES string of the molecule is COc1cc(C#N)cc(Oc2cc(Cl)c(F)cc2N)c1. The van der Waals surface area contributed by atoms with Crippen LogP contribution in [0.2, 0.25) is 5.02 Å². The first kappa shape index (κ1) is 14.0. The quantitative estimate of drug-likeness (QED) is 0.875. The van der Waals surface area contributed by atoms with Crippen molar-refractivity contribution in [2.45, 2.75) is 0 Å². The maximum Gasteiger partial charge on any atom is 0.152 e. The van der Waals surface area contributed by atoms with Gasteiger partial charge in [-0.2, -0.15) is 5.26 Å².